The second-order valence-electron chi connectivity index (χ2n) is 5.55. The van der Waals surface area contributed by atoms with Gasteiger partial charge in [0.15, 0.2) is 5.65 Å². The zero-order chi connectivity index (χ0) is 15.9. The number of urea groups is 1. The Bertz CT molecular complexity index is 761. The molecule has 3 heterocycles. The zero-order valence-electron chi connectivity index (χ0n) is 11.8. The normalized spacial score (nSPS) is 21.3. The van der Waals surface area contributed by atoms with Gasteiger partial charge in [0.25, 0.3) is 5.95 Å². The molecule has 2 aromatic heterocycles. The highest BCUT2D eigenvalue weighted by atomic mass is 79.9. The molecule has 1 saturated heterocycles. The predicted octanol–water partition coefficient (Wildman–Crippen LogP) is 1.82. The minimum Gasteiger partial charge on any atom is -0.481 e. The van der Waals surface area contributed by atoms with Crippen molar-refractivity contribution in [1.29, 1.82) is 0 Å². The Balaban J connectivity index is 1.72. The predicted molar refractivity (Wildman–Crippen MR) is 81.6 cm³/mol. The molecule has 0 radical (unpaired) electrons. The van der Waals surface area contributed by atoms with E-state index < -0.39 is 11.4 Å². The summed E-state index contributed by atoms with van der Waals surface area (Å²) in [6.45, 7) is 2.21. The van der Waals surface area contributed by atoms with Crippen LogP contribution in [0.3, 0.4) is 0 Å². The number of carboxylic acids is 1. The molecular weight excluding hydrogens is 354 g/mol. The van der Waals surface area contributed by atoms with E-state index in [1.165, 1.54) is 4.90 Å². The van der Waals surface area contributed by atoms with Crippen molar-refractivity contribution in [2.75, 3.05) is 18.4 Å². The van der Waals surface area contributed by atoms with Crippen LogP contribution in [0.5, 0.6) is 0 Å². The maximum atomic E-state index is 12.2. The summed E-state index contributed by atoms with van der Waals surface area (Å²) < 4.78 is 2.41. The third kappa shape index (κ3) is 2.63. The molecule has 22 heavy (non-hydrogen) atoms. The monoisotopic (exact) mass is 367 g/mol. The Morgan fingerprint density at radius 2 is 2.27 bits per heavy atom. The van der Waals surface area contributed by atoms with Crippen LogP contribution in [0.2, 0.25) is 0 Å². The lowest BCUT2D eigenvalue weighted by atomic mass is 9.90. The van der Waals surface area contributed by atoms with Gasteiger partial charge in [-0.25, -0.2) is 9.31 Å². The van der Waals surface area contributed by atoms with E-state index in [1.807, 2.05) is 6.07 Å². The van der Waals surface area contributed by atoms with Crippen molar-refractivity contribution in [3.05, 3.63) is 22.8 Å². The largest absolute Gasteiger partial charge is 0.481 e. The van der Waals surface area contributed by atoms with E-state index in [9.17, 15) is 14.7 Å². The molecule has 2 amide bonds. The Labute approximate surface area is 134 Å². The highest BCUT2D eigenvalue weighted by molar-refractivity contribution is 9.10. The third-order valence-corrected chi connectivity index (χ3v) is 4.29. The van der Waals surface area contributed by atoms with E-state index >= 15 is 0 Å². The van der Waals surface area contributed by atoms with Gasteiger partial charge in [0.1, 0.15) is 0 Å². The van der Waals surface area contributed by atoms with Gasteiger partial charge in [-0.15, -0.1) is 5.10 Å². The minimum absolute atomic E-state index is 0.174. The van der Waals surface area contributed by atoms with Crippen LogP contribution in [0.1, 0.15) is 13.3 Å². The van der Waals surface area contributed by atoms with E-state index in [1.54, 1.807) is 23.7 Å². The van der Waals surface area contributed by atoms with E-state index in [0.717, 1.165) is 4.47 Å². The quantitative estimate of drug-likeness (QED) is 0.842. The number of aromatic nitrogens is 3. The van der Waals surface area contributed by atoms with Gasteiger partial charge >= 0.3 is 12.0 Å². The van der Waals surface area contributed by atoms with Crippen molar-refractivity contribution in [3.8, 4) is 0 Å². The molecule has 1 aliphatic heterocycles. The first-order valence-corrected chi connectivity index (χ1v) is 7.48. The summed E-state index contributed by atoms with van der Waals surface area (Å²) in [5.74, 6) is -0.703. The first-order valence-electron chi connectivity index (χ1n) is 6.69. The fourth-order valence-electron chi connectivity index (χ4n) is 2.39. The number of hydrogen-bond donors (Lipinski definition) is 2. The summed E-state index contributed by atoms with van der Waals surface area (Å²) in [5.41, 5.74) is -0.296. The number of fused-ring (bicyclic) bond motifs is 1. The summed E-state index contributed by atoms with van der Waals surface area (Å²) >= 11 is 3.34. The van der Waals surface area contributed by atoms with Crippen molar-refractivity contribution in [2.45, 2.75) is 13.3 Å². The first-order chi connectivity index (χ1) is 10.4. The lowest BCUT2D eigenvalue weighted by Crippen LogP contribution is -2.37. The molecule has 1 unspecified atom stereocenters. The highest BCUT2D eigenvalue weighted by Gasteiger charge is 2.42. The molecule has 3 rings (SSSR count). The smallest absolute Gasteiger partial charge is 0.324 e. The van der Waals surface area contributed by atoms with Crippen molar-refractivity contribution in [1.82, 2.24) is 19.5 Å². The van der Waals surface area contributed by atoms with Gasteiger partial charge in [0.05, 0.1) is 5.41 Å². The average Bonchev–Trinajstić information content (AvgIpc) is 3.02. The van der Waals surface area contributed by atoms with Crippen LogP contribution in [-0.2, 0) is 4.79 Å². The van der Waals surface area contributed by atoms with Gasteiger partial charge in [0.2, 0.25) is 0 Å². The van der Waals surface area contributed by atoms with Gasteiger partial charge in [0, 0.05) is 23.8 Å². The van der Waals surface area contributed by atoms with Crippen molar-refractivity contribution in [2.24, 2.45) is 5.41 Å². The number of nitrogens with one attached hydrogen (secondary N) is 1. The molecule has 1 atom stereocenters. The number of pyridine rings is 1. The van der Waals surface area contributed by atoms with E-state index in [0.29, 0.717) is 18.6 Å². The van der Waals surface area contributed by atoms with Crippen molar-refractivity contribution >= 4 is 39.5 Å². The number of rotatable bonds is 2. The number of aliphatic carboxylic acids is 1. The molecule has 0 aromatic carbocycles. The van der Waals surface area contributed by atoms with Gasteiger partial charge in [-0.05, 0) is 25.5 Å². The number of carbonyl (C=O) groups excluding carboxylic acids is 1. The van der Waals surface area contributed by atoms with Gasteiger partial charge in [-0.2, -0.15) is 4.98 Å². The average molecular weight is 368 g/mol. The van der Waals surface area contributed by atoms with Gasteiger partial charge in [-0.1, -0.05) is 15.9 Å². The number of nitrogens with zero attached hydrogens (tertiary/aromatic N) is 4. The lowest BCUT2D eigenvalue weighted by molar-refractivity contribution is -0.146. The first kappa shape index (κ1) is 14.8. The highest BCUT2D eigenvalue weighted by Crippen LogP contribution is 2.30. The molecule has 9 heteroatoms. The number of amides is 2. The van der Waals surface area contributed by atoms with Crippen LogP contribution in [0.4, 0.5) is 10.7 Å². The summed E-state index contributed by atoms with van der Waals surface area (Å²) in [6, 6.07) is 3.20. The van der Waals surface area contributed by atoms with Crippen LogP contribution in [0.15, 0.2) is 22.8 Å². The Kier molecular flexibility index (Phi) is 3.51. The standard InChI is InChI=1S/C13H14BrN5O3/c1-13(10(20)21)3-5-18(7-13)12(22)16-11-15-9-6-8(14)2-4-19(9)17-11/h2,4,6H,3,5,7H2,1H3,(H,20,21)(H,16,17,22). The molecule has 1 aliphatic rings. The van der Waals surface area contributed by atoms with E-state index in [-0.39, 0.29) is 18.5 Å². The molecule has 2 aromatic rings. The molecule has 0 saturated carbocycles. The topological polar surface area (TPSA) is 99.8 Å². The minimum atomic E-state index is -0.894. The van der Waals surface area contributed by atoms with Crippen LogP contribution < -0.4 is 5.32 Å². The molecule has 116 valence electrons. The molecule has 0 spiro atoms. The van der Waals surface area contributed by atoms with E-state index in [4.69, 9.17) is 0 Å². The zero-order valence-corrected chi connectivity index (χ0v) is 13.4. The number of carbonyl (C=O) groups is 2. The number of halogens is 1. The Morgan fingerprint density at radius 1 is 1.50 bits per heavy atom. The summed E-state index contributed by atoms with van der Waals surface area (Å²) in [7, 11) is 0. The SMILES string of the molecule is CC1(C(=O)O)CCN(C(=O)Nc2nc3cc(Br)ccn3n2)C1. The van der Waals surface area contributed by atoms with Gasteiger partial charge in [-0.3, -0.25) is 10.1 Å². The third-order valence-electron chi connectivity index (χ3n) is 3.80. The Morgan fingerprint density at radius 3 is 2.95 bits per heavy atom. The molecule has 8 nitrogen and oxygen atoms in total. The number of anilines is 1. The molecular formula is C13H14BrN5O3. The maximum absolute atomic E-state index is 12.2. The molecule has 0 bridgehead atoms. The summed E-state index contributed by atoms with van der Waals surface area (Å²) in [6.07, 6.45) is 2.15. The summed E-state index contributed by atoms with van der Waals surface area (Å²) in [5, 5.41) is 15.9. The molecule has 0 aliphatic carbocycles. The maximum Gasteiger partial charge on any atom is 0.324 e. The summed E-state index contributed by atoms with van der Waals surface area (Å²) in [4.78, 5) is 29.1. The van der Waals surface area contributed by atoms with Gasteiger partial charge < -0.3 is 10.0 Å². The second kappa shape index (κ2) is 5.24. The number of carboxylic acid groups (broad SMARTS) is 1. The molecule has 2 N–H and O–H groups in total. The number of hydrogen-bond acceptors (Lipinski definition) is 4. The van der Waals surface area contributed by atoms with Crippen molar-refractivity contribution in [3.63, 3.8) is 0 Å². The van der Waals surface area contributed by atoms with Crippen LogP contribution in [-0.4, -0.2) is 49.7 Å². The Hall–Kier alpha value is -2.16. The van der Waals surface area contributed by atoms with E-state index in [2.05, 4.69) is 31.3 Å². The second-order valence-corrected chi connectivity index (χ2v) is 6.47. The molecule has 1 fully saturated rings. The fraction of sp³-hybridized carbons (Fsp3) is 0.385. The lowest BCUT2D eigenvalue weighted by Gasteiger charge is -2.19. The number of likely N-dealkylation sites (tertiary alicyclic amines) is 1. The van der Waals surface area contributed by atoms with Crippen LogP contribution >= 0.6 is 15.9 Å². The fourth-order valence-corrected chi connectivity index (χ4v) is 2.72. The van der Waals surface area contributed by atoms with Crippen molar-refractivity contribution < 1.29 is 14.7 Å². The van der Waals surface area contributed by atoms with Crippen LogP contribution in [0.25, 0.3) is 5.65 Å². The van der Waals surface area contributed by atoms with Crippen LogP contribution in [0, 0.1) is 5.41 Å².